The van der Waals surface area contributed by atoms with Gasteiger partial charge in [-0.3, -0.25) is 9.80 Å². The molecule has 6 heteroatoms. The molecule has 0 bridgehead atoms. The Labute approximate surface area is 171 Å². The van der Waals surface area contributed by atoms with Gasteiger partial charge in [0.25, 0.3) is 0 Å². The molecule has 4 rings (SSSR count). The van der Waals surface area contributed by atoms with E-state index in [0.29, 0.717) is 11.8 Å². The van der Waals surface area contributed by atoms with E-state index in [1.165, 1.54) is 38.2 Å². The van der Waals surface area contributed by atoms with Crippen LogP contribution in [0.1, 0.15) is 18.4 Å². The van der Waals surface area contributed by atoms with Gasteiger partial charge in [-0.15, -0.1) is 0 Å². The molecule has 0 radical (unpaired) electrons. The van der Waals surface area contributed by atoms with Crippen molar-refractivity contribution in [2.45, 2.75) is 25.4 Å². The van der Waals surface area contributed by atoms with Crippen LogP contribution in [0, 0.1) is 11.6 Å². The van der Waals surface area contributed by atoms with Crippen molar-refractivity contribution in [2.75, 3.05) is 51.3 Å². The number of ether oxygens (including phenoxy) is 1. The molecule has 4 nitrogen and oxygen atoms in total. The van der Waals surface area contributed by atoms with Crippen LogP contribution in [0.15, 0.2) is 42.5 Å². The summed E-state index contributed by atoms with van der Waals surface area (Å²) < 4.78 is 31.9. The second-order valence-corrected chi connectivity index (χ2v) is 8.00. The van der Waals surface area contributed by atoms with Gasteiger partial charge in [0.05, 0.1) is 7.11 Å². The average Bonchev–Trinajstić information content (AvgIpc) is 2.76. The first-order valence-electron chi connectivity index (χ1n) is 10.4. The van der Waals surface area contributed by atoms with Crippen molar-refractivity contribution in [1.29, 1.82) is 0 Å². The van der Waals surface area contributed by atoms with E-state index in [1.54, 1.807) is 6.07 Å². The van der Waals surface area contributed by atoms with Crippen molar-refractivity contribution >= 4 is 5.69 Å². The molecule has 0 N–H and O–H groups in total. The Kier molecular flexibility index (Phi) is 6.31. The second kappa shape index (κ2) is 9.09. The molecule has 2 heterocycles. The second-order valence-electron chi connectivity index (χ2n) is 8.00. The van der Waals surface area contributed by atoms with E-state index in [4.69, 9.17) is 4.74 Å². The van der Waals surface area contributed by atoms with E-state index in [1.807, 2.05) is 18.2 Å². The normalized spacial score (nSPS) is 21.3. The van der Waals surface area contributed by atoms with E-state index in [0.717, 1.165) is 57.1 Å². The number of likely N-dealkylation sites (tertiary alicyclic amines) is 1. The first-order chi connectivity index (χ1) is 14.1. The number of halogens is 2. The SMILES string of the molecule is COc1cc(CN2CCC[C@H](N3CCN(c4ccc(F)cc4)CC3)C2)ccc1F. The van der Waals surface area contributed by atoms with Gasteiger partial charge in [0.1, 0.15) is 5.82 Å². The first kappa shape index (κ1) is 20.1. The van der Waals surface area contributed by atoms with Crippen molar-refractivity contribution in [2.24, 2.45) is 0 Å². The zero-order chi connectivity index (χ0) is 20.2. The van der Waals surface area contributed by atoms with E-state index in [9.17, 15) is 8.78 Å². The molecule has 2 aliphatic heterocycles. The number of hydrogen-bond donors (Lipinski definition) is 0. The summed E-state index contributed by atoms with van der Waals surface area (Å²) in [6.45, 7) is 6.93. The van der Waals surface area contributed by atoms with Crippen molar-refractivity contribution in [3.05, 3.63) is 59.7 Å². The van der Waals surface area contributed by atoms with E-state index >= 15 is 0 Å². The van der Waals surface area contributed by atoms with Crippen LogP contribution in [0.2, 0.25) is 0 Å². The van der Waals surface area contributed by atoms with E-state index in [-0.39, 0.29) is 11.6 Å². The Bertz CT molecular complexity index is 806. The van der Waals surface area contributed by atoms with E-state index in [2.05, 4.69) is 14.7 Å². The predicted molar refractivity (Wildman–Crippen MR) is 111 cm³/mol. The molecule has 2 saturated heterocycles. The highest BCUT2D eigenvalue weighted by Crippen LogP contribution is 2.24. The van der Waals surface area contributed by atoms with Crippen molar-refractivity contribution < 1.29 is 13.5 Å². The number of methoxy groups -OCH3 is 1. The summed E-state index contributed by atoms with van der Waals surface area (Å²) in [5.41, 5.74) is 2.19. The fourth-order valence-electron chi connectivity index (χ4n) is 4.53. The zero-order valence-electron chi connectivity index (χ0n) is 17.0. The summed E-state index contributed by atoms with van der Waals surface area (Å²) in [6.07, 6.45) is 2.40. The third-order valence-electron chi connectivity index (χ3n) is 6.12. The summed E-state index contributed by atoms with van der Waals surface area (Å²) >= 11 is 0. The molecule has 1 atom stereocenters. The average molecular weight is 402 g/mol. The van der Waals surface area contributed by atoms with Gasteiger partial charge in [-0.25, -0.2) is 8.78 Å². The Hall–Kier alpha value is -2.18. The highest BCUT2D eigenvalue weighted by atomic mass is 19.1. The van der Waals surface area contributed by atoms with Crippen LogP contribution in [0.3, 0.4) is 0 Å². The molecule has 0 spiro atoms. The fourth-order valence-corrected chi connectivity index (χ4v) is 4.53. The van der Waals surface area contributed by atoms with Crippen LogP contribution in [-0.2, 0) is 6.54 Å². The lowest BCUT2D eigenvalue weighted by atomic mass is 10.0. The minimum absolute atomic E-state index is 0.187. The van der Waals surface area contributed by atoms with E-state index < -0.39 is 0 Å². The Morgan fingerprint density at radius 2 is 1.72 bits per heavy atom. The van der Waals surface area contributed by atoms with Crippen molar-refractivity contribution in [3.8, 4) is 5.75 Å². The maximum atomic E-state index is 13.7. The van der Waals surface area contributed by atoms with Gasteiger partial charge >= 0.3 is 0 Å². The number of piperidine rings is 1. The minimum atomic E-state index is -0.313. The van der Waals surface area contributed by atoms with Gasteiger partial charge in [0, 0.05) is 51.0 Å². The lowest BCUT2D eigenvalue weighted by Crippen LogP contribution is -2.55. The minimum Gasteiger partial charge on any atom is -0.494 e. The number of rotatable bonds is 5. The molecule has 2 aliphatic rings. The summed E-state index contributed by atoms with van der Waals surface area (Å²) in [5.74, 6) is -0.187. The quantitative estimate of drug-likeness (QED) is 0.759. The highest BCUT2D eigenvalue weighted by Gasteiger charge is 2.28. The molecule has 0 aliphatic carbocycles. The van der Waals surface area contributed by atoms with Crippen molar-refractivity contribution in [1.82, 2.24) is 9.80 Å². The Balaban J connectivity index is 1.31. The van der Waals surface area contributed by atoms with Crippen LogP contribution in [0.4, 0.5) is 14.5 Å². The monoisotopic (exact) mass is 401 g/mol. The van der Waals surface area contributed by atoms with Crippen molar-refractivity contribution in [3.63, 3.8) is 0 Å². The summed E-state index contributed by atoms with van der Waals surface area (Å²) in [7, 11) is 1.50. The lowest BCUT2D eigenvalue weighted by molar-refractivity contribution is 0.0887. The van der Waals surface area contributed by atoms with Crippen LogP contribution in [0.25, 0.3) is 0 Å². The van der Waals surface area contributed by atoms with Crippen LogP contribution < -0.4 is 9.64 Å². The third kappa shape index (κ3) is 4.87. The third-order valence-corrected chi connectivity index (χ3v) is 6.12. The molecule has 0 saturated carbocycles. The maximum absolute atomic E-state index is 13.7. The largest absolute Gasteiger partial charge is 0.494 e. The standard InChI is InChI=1S/C23H29F2N3O/c1-29-23-15-18(4-9-22(23)25)16-26-10-2-3-21(17-26)28-13-11-27(12-14-28)20-7-5-19(24)6-8-20/h4-9,15,21H,2-3,10-14,16-17H2,1H3/t21-/m0/s1. The van der Waals surface area contributed by atoms with Gasteiger partial charge in [-0.1, -0.05) is 6.07 Å². The molecule has 0 unspecified atom stereocenters. The number of benzene rings is 2. The van der Waals surface area contributed by atoms with Crippen LogP contribution in [-0.4, -0.2) is 62.2 Å². The van der Waals surface area contributed by atoms with Gasteiger partial charge in [0.2, 0.25) is 0 Å². The van der Waals surface area contributed by atoms with Crippen LogP contribution in [0.5, 0.6) is 5.75 Å². The molecule has 0 aromatic heterocycles. The topological polar surface area (TPSA) is 19.0 Å². The first-order valence-corrected chi connectivity index (χ1v) is 10.4. The molecule has 2 aromatic rings. The molecule has 2 aromatic carbocycles. The maximum Gasteiger partial charge on any atom is 0.165 e. The Morgan fingerprint density at radius 1 is 0.966 bits per heavy atom. The molecule has 29 heavy (non-hydrogen) atoms. The molecule has 156 valence electrons. The Morgan fingerprint density at radius 3 is 2.45 bits per heavy atom. The van der Waals surface area contributed by atoms with Gasteiger partial charge in [0.15, 0.2) is 11.6 Å². The summed E-state index contributed by atoms with van der Waals surface area (Å²) in [5, 5.41) is 0. The highest BCUT2D eigenvalue weighted by molar-refractivity contribution is 5.46. The fraction of sp³-hybridized carbons (Fsp3) is 0.478. The molecule has 0 amide bonds. The number of hydrogen-bond acceptors (Lipinski definition) is 4. The van der Waals surface area contributed by atoms with Crippen LogP contribution >= 0.6 is 0 Å². The molecular formula is C23H29F2N3O. The number of nitrogens with zero attached hydrogens (tertiary/aromatic N) is 3. The lowest BCUT2D eigenvalue weighted by Gasteiger charge is -2.44. The summed E-state index contributed by atoms with van der Waals surface area (Å²) in [6, 6.07) is 12.5. The zero-order valence-corrected chi connectivity index (χ0v) is 17.0. The van der Waals surface area contributed by atoms with Gasteiger partial charge < -0.3 is 9.64 Å². The number of piperazine rings is 1. The van der Waals surface area contributed by atoms with Gasteiger partial charge in [-0.2, -0.15) is 0 Å². The summed E-state index contributed by atoms with van der Waals surface area (Å²) in [4.78, 5) is 7.39. The van der Waals surface area contributed by atoms with Gasteiger partial charge in [-0.05, 0) is 61.3 Å². The predicted octanol–water partition coefficient (Wildman–Crippen LogP) is 3.76. The molecule has 2 fully saturated rings. The molecular weight excluding hydrogens is 372 g/mol. The smallest absolute Gasteiger partial charge is 0.165 e. The number of anilines is 1.